The number of hydrogen-bond acceptors (Lipinski definition) is 4. The second-order valence-corrected chi connectivity index (χ2v) is 8.67. The second-order valence-electron chi connectivity index (χ2n) is 6.57. The van der Waals surface area contributed by atoms with Crippen molar-refractivity contribution >= 4 is 15.9 Å². The van der Waals surface area contributed by atoms with Gasteiger partial charge in [0.25, 0.3) is 0 Å². The SMILES string of the molecule is Cc1ccc(S(=O)(=O)C2C(NC(N)=O)CCNC2c2ccccc2)cc1. The summed E-state index contributed by atoms with van der Waals surface area (Å²) < 4.78 is 26.9. The van der Waals surface area contributed by atoms with Gasteiger partial charge in [-0.2, -0.15) is 0 Å². The summed E-state index contributed by atoms with van der Waals surface area (Å²) in [5.74, 6) is 0. The van der Waals surface area contributed by atoms with E-state index < -0.39 is 33.2 Å². The Hall–Kier alpha value is -2.38. The molecule has 1 aliphatic heterocycles. The molecular weight excluding hydrogens is 350 g/mol. The van der Waals surface area contributed by atoms with Crippen molar-refractivity contribution in [2.45, 2.75) is 35.6 Å². The number of carbonyl (C=O) groups is 1. The van der Waals surface area contributed by atoms with Crippen molar-refractivity contribution in [3.8, 4) is 0 Å². The number of aryl methyl sites for hydroxylation is 1. The lowest BCUT2D eigenvalue weighted by molar-refractivity contribution is 0.238. The summed E-state index contributed by atoms with van der Waals surface area (Å²) in [4.78, 5) is 11.7. The summed E-state index contributed by atoms with van der Waals surface area (Å²) in [7, 11) is -3.70. The Kier molecular flexibility index (Phi) is 5.29. The van der Waals surface area contributed by atoms with E-state index in [4.69, 9.17) is 5.73 Å². The standard InChI is InChI=1S/C19H23N3O3S/c1-13-7-9-15(10-8-13)26(24,25)18-16(22-19(20)23)11-12-21-17(18)14-5-3-2-4-6-14/h2-10,16-18,21H,11-12H2,1H3,(H3,20,22,23). The number of urea groups is 1. The lowest BCUT2D eigenvalue weighted by atomic mass is 9.93. The predicted molar refractivity (Wildman–Crippen MR) is 100 cm³/mol. The predicted octanol–water partition coefficient (Wildman–Crippen LogP) is 1.91. The minimum Gasteiger partial charge on any atom is -0.352 e. The van der Waals surface area contributed by atoms with Gasteiger partial charge in [0.2, 0.25) is 0 Å². The molecule has 4 N–H and O–H groups in total. The van der Waals surface area contributed by atoms with Crippen molar-refractivity contribution < 1.29 is 13.2 Å². The number of nitrogens with one attached hydrogen (secondary N) is 2. The number of piperidine rings is 1. The molecule has 2 aromatic rings. The zero-order valence-corrected chi connectivity index (χ0v) is 15.4. The van der Waals surface area contributed by atoms with E-state index >= 15 is 0 Å². The lowest BCUT2D eigenvalue weighted by Crippen LogP contribution is -2.58. The number of nitrogens with two attached hydrogens (primary N) is 1. The second kappa shape index (κ2) is 7.47. The smallest absolute Gasteiger partial charge is 0.312 e. The van der Waals surface area contributed by atoms with Gasteiger partial charge in [-0.15, -0.1) is 0 Å². The maximum Gasteiger partial charge on any atom is 0.312 e. The first kappa shape index (κ1) is 18.4. The van der Waals surface area contributed by atoms with E-state index in [1.165, 1.54) is 0 Å². The van der Waals surface area contributed by atoms with Gasteiger partial charge in [-0.1, -0.05) is 48.0 Å². The van der Waals surface area contributed by atoms with Crippen LogP contribution in [0.5, 0.6) is 0 Å². The molecule has 1 heterocycles. The summed E-state index contributed by atoms with van der Waals surface area (Å²) in [6.45, 7) is 2.49. The highest BCUT2D eigenvalue weighted by Gasteiger charge is 2.44. The van der Waals surface area contributed by atoms with Crippen LogP contribution in [0.4, 0.5) is 4.79 Å². The van der Waals surface area contributed by atoms with E-state index in [9.17, 15) is 13.2 Å². The van der Waals surface area contributed by atoms with Crippen LogP contribution in [0.15, 0.2) is 59.5 Å². The van der Waals surface area contributed by atoms with Gasteiger partial charge < -0.3 is 16.4 Å². The highest BCUT2D eigenvalue weighted by atomic mass is 32.2. The van der Waals surface area contributed by atoms with E-state index in [-0.39, 0.29) is 4.90 Å². The van der Waals surface area contributed by atoms with Gasteiger partial charge in [0.1, 0.15) is 5.25 Å². The van der Waals surface area contributed by atoms with Crippen molar-refractivity contribution in [3.63, 3.8) is 0 Å². The Morgan fingerprint density at radius 3 is 2.38 bits per heavy atom. The number of amides is 2. The molecule has 3 atom stereocenters. The summed E-state index contributed by atoms with van der Waals surface area (Å²) in [6, 6.07) is 14.5. The average molecular weight is 373 g/mol. The number of hydrogen-bond donors (Lipinski definition) is 3. The highest BCUT2D eigenvalue weighted by molar-refractivity contribution is 7.92. The van der Waals surface area contributed by atoms with Crippen LogP contribution in [-0.4, -0.2) is 32.3 Å². The van der Waals surface area contributed by atoms with Gasteiger partial charge in [0.05, 0.1) is 17.0 Å². The minimum atomic E-state index is -3.70. The van der Waals surface area contributed by atoms with E-state index in [0.29, 0.717) is 13.0 Å². The first-order valence-electron chi connectivity index (χ1n) is 8.54. The molecule has 6 nitrogen and oxygen atoms in total. The monoisotopic (exact) mass is 373 g/mol. The van der Waals surface area contributed by atoms with Crippen LogP contribution in [0.25, 0.3) is 0 Å². The molecule has 0 saturated carbocycles. The molecule has 0 spiro atoms. The van der Waals surface area contributed by atoms with Gasteiger partial charge in [-0.3, -0.25) is 0 Å². The Bertz CT molecular complexity index is 867. The molecule has 2 amide bonds. The van der Waals surface area contributed by atoms with Crippen LogP contribution in [0.2, 0.25) is 0 Å². The van der Waals surface area contributed by atoms with Crippen molar-refractivity contribution in [2.75, 3.05) is 6.54 Å². The number of sulfone groups is 1. The molecular formula is C19H23N3O3S. The molecule has 1 saturated heterocycles. The largest absolute Gasteiger partial charge is 0.352 e. The summed E-state index contributed by atoms with van der Waals surface area (Å²) >= 11 is 0. The van der Waals surface area contributed by atoms with Crippen molar-refractivity contribution in [1.82, 2.24) is 10.6 Å². The third-order valence-corrected chi connectivity index (χ3v) is 6.99. The summed E-state index contributed by atoms with van der Waals surface area (Å²) in [5.41, 5.74) is 7.15. The maximum atomic E-state index is 13.4. The fourth-order valence-electron chi connectivity index (χ4n) is 3.49. The third kappa shape index (κ3) is 3.73. The third-order valence-electron chi connectivity index (χ3n) is 4.74. The first-order chi connectivity index (χ1) is 12.4. The van der Waals surface area contributed by atoms with Crippen LogP contribution < -0.4 is 16.4 Å². The fourth-order valence-corrected chi connectivity index (χ4v) is 5.57. The number of rotatable bonds is 4. The first-order valence-corrected chi connectivity index (χ1v) is 10.1. The maximum absolute atomic E-state index is 13.4. The molecule has 2 aromatic carbocycles. The van der Waals surface area contributed by atoms with Crippen molar-refractivity contribution in [2.24, 2.45) is 5.73 Å². The zero-order chi connectivity index (χ0) is 18.7. The van der Waals surface area contributed by atoms with Crippen LogP contribution in [0, 0.1) is 6.92 Å². The molecule has 138 valence electrons. The zero-order valence-electron chi connectivity index (χ0n) is 14.6. The van der Waals surface area contributed by atoms with Crippen LogP contribution in [0.1, 0.15) is 23.6 Å². The van der Waals surface area contributed by atoms with E-state index in [1.807, 2.05) is 37.3 Å². The van der Waals surface area contributed by atoms with Gasteiger partial charge in [0, 0.05) is 0 Å². The molecule has 0 bridgehead atoms. The van der Waals surface area contributed by atoms with Gasteiger partial charge in [0.15, 0.2) is 9.84 Å². The lowest BCUT2D eigenvalue weighted by Gasteiger charge is -2.38. The van der Waals surface area contributed by atoms with Gasteiger partial charge >= 0.3 is 6.03 Å². The number of carbonyl (C=O) groups excluding carboxylic acids is 1. The Balaban J connectivity index is 2.07. The van der Waals surface area contributed by atoms with E-state index in [0.717, 1.165) is 11.1 Å². The molecule has 3 unspecified atom stereocenters. The topological polar surface area (TPSA) is 101 Å². The van der Waals surface area contributed by atoms with Gasteiger partial charge in [-0.25, -0.2) is 13.2 Å². The Morgan fingerprint density at radius 2 is 1.77 bits per heavy atom. The highest BCUT2D eigenvalue weighted by Crippen LogP contribution is 2.33. The van der Waals surface area contributed by atoms with Gasteiger partial charge in [-0.05, 0) is 37.6 Å². The molecule has 0 aromatic heterocycles. The van der Waals surface area contributed by atoms with Crippen LogP contribution in [0.3, 0.4) is 0 Å². The van der Waals surface area contributed by atoms with E-state index in [2.05, 4.69) is 10.6 Å². The van der Waals surface area contributed by atoms with Crippen molar-refractivity contribution in [3.05, 3.63) is 65.7 Å². The molecule has 1 fully saturated rings. The van der Waals surface area contributed by atoms with Crippen LogP contribution >= 0.6 is 0 Å². The molecule has 26 heavy (non-hydrogen) atoms. The van der Waals surface area contributed by atoms with Crippen molar-refractivity contribution in [1.29, 1.82) is 0 Å². The molecule has 0 aliphatic carbocycles. The van der Waals surface area contributed by atoms with Crippen LogP contribution in [-0.2, 0) is 9.84 Å². The molecule has 0 radical (unpaired) electrons. The quantitative estimate of drug-likeness (QED) is 0.762. The molecule has 1 aliphatic rings. The Labute approximate surface area is 153 Å². The van der Waals surface area contributed by atoms with E-state index in [1.54, 1.807) is 24.3 Å². The fraction of sp³-hybridized carbons (Fsp3) is 0.316. The normalized spacial score (nSPS) is 23.3. The summed E-state index contributed by atoms with van der Waals surface area (Å²) in [6.07, 6.45) is 0.488. The Morgan fingerprint density at radius 1 is 1.12 bits per heavy atom. The number of benzene rings is 2. The molecule has 3 rings (SSSR count). The summed E-state index contributed by atoms with van der Waals surface area (Å²) in [5, 5.41) is 5.09. The average Bonchev–Trinajstić information content (AvgIpc) is 2.62. The number of primary amides is 1. The molecule has 7 heteroatoms. The minimum absolute atomic E-state index is 0.244.